The number of halogens is 1. The maximum Gasteiger partial charge on any atom is 0.253 e. The van der Waals surface area contributed by atoms with Gasteiger partial charge in [-0.25, -0.2) is 8.42 Å². The van der Waals surface area contributed by atoms with Crippen molar-refractivity contribution < 1.29 is 18.0 Å². The average Bonchev–Trinajstić information content (AvgIpc) is 2.78. The molecular weight excluding hydrogens is 438 g/mol. The number of carbonyl (C=O) groups is 2. The van der Waals surface area contributed by atoms with E-state index in [9.17, 15) is 18.0 Å². The van der Waals surface area contributed by atoms with Crippen molar-refractivity contribution in [3.05, 3.63) is 71.8 Å². The Morgan fingerprint density at radius 3 is 2.39 bits per heavy atom. The second-order valence-electron chi connectivity index (χ2n) is 7.17. The highest BCUT2D eigenvalue weighted by Crippen LogP contribution is 2.26. The molecule has 7 nitrogen and oxygen atoms in total. The number of sulfonamides is 1. The number of nitrogens with one attached hydrogen (secondary N) is 2. The molecule has 1 saturated heterocycles. The van der Waals surface area contributed by atoms with E-state index >= 15 is 0 Å². The maximum atomic E-state index is 12.8. The SMILES string of the molecule is C=CCNC(=O)c1ccccc1NC(=O)C1CCN(S(=O)(=O)c2ccc(Cl)cc2)CC1. The molecule has 2 aromatic carbocycles. The number of hydrogen-bond donors (Lipinski definition) is 2. The summed E-state index contributed by atoms with van der Waals surface area (Å²) >= 11 is 5.84. The molecule has 1 aliphatic rings. The number of anilines is 1. The summed E-state index contributed by atoms with van der Waals surface area (Å²) in [6.45, 7) is 4.37. The fraction of sp³-hybridized carbons (Fsp3) is 0.273. The zero-order valence-corrected chi connectivity index (χ0v) is 18.5. The van der Waals surface area contributed by atoms with Gasteiger partial charge >= 0.3 is 0 Å². The fourth-order valence-corrected chi connectivity index (χ4v) is 4.99. The van der Waals surface area contributed by atoms with Gasteiger partial charge in [0.25, 0.3) is 5.91 Å². The van der Waals surface area contributed by atoms with Crippen LogP contribution in [0.15, 0.2) is 66.1 Å². The van der Waals surface area contributed by atoms with E-state index in [1.54, 1.807) is 30.3 Å². The van der Waals surface area contributed by atoms with E-state index in [4.69, 9.17) is 11.6 Å². The van der Waals surface area contributed by atoms with Crippen molar-refractivity contribution in [2.45, 2.75) is 17.7 Å². The molecule has 1 heterocycles. The van der Waals surface area contributed by atoms with E-state index < -0.39 is 10.0 Å². The highest BCUT2D eigenvalue weighted by atomic mass is 35.5. The summed E-state index contributed by atoms with van der Waals surface area (Å²) in [6, 6.07) is 12.8. The Morgan fingerprint density at radius 1 is 1.10 bits per heavy atom. The van der Waals surface area contributed by atoms with Crippen LogP contribution < -0.4 is 10.6 Å². The lowest BCUT2D eigenvalue weighted by Crippen LogP contribution is -2.41. The van der Waals surface area contributed by atoms with Crippen LogP contribution >= 0.6 is 11.6 Å². The van der Waals surface area contributed by atoms with Crippen molar-refractivity contribution >= 4 is 39.1 Å². The Kier molecular flexibility index (Phi) is 7.48. The van der Waals surface area contributed by atoms with Gasteiger partial charge in [-0.3, -0.25) is 9.59 Å². The van der Waals surface area contributed by atoms with Crippen LogP contribution in [0, 0.1) is 5.92 Å². The number of amides is 2. The summed E-state index contributed by atoms with van der Waals surface area (Å²) < 4.78 is 27.0. The van der Waals surface area contributed by atoms with Crippen LogP contribution in [0.3, 0.4) is 0 Å². The molecule has 0 unspecified atom stereocenters. The summed E-state index contributed by atoms with van der Waals surface area (Å²) in [7, 11) is -3.63. The van der Waals surface area contributed by atoms with E-state index in [1.165, 1.54) is 28.6 Å². The number of hydrogen-bond acceptors (Lipinski definition) is 4. The predicted octanol–water partition coefficient (Wildman–Crippen LogP) is 3.30. The normalized spacial score (nSPS) is 15.3. The van der Waals surface area contributed by atoms with Gasteiger partial charge in [-0.15, -0.1) is 6.58 Å². The summed E-state index contributed by atoms with van der Waals surface area (Å²) in [6.07, 6.45) is 2.36. The van der Waals surface area contributed by atoms with E-state index in [-0.39, 0.29) is 35.7 Å². The average molecular weight is 462 g/mol. The molecule has 164 valence electrons. The fourth-order valence-electron chi connectivity index (χ4n) is 3.40. The number of para-hydroxylation sites is 1. The number of benzene rings is 2. The van der Waals surface area contributed by atoms with Gasteiger partial charge in [0, 0.05) is 30.6 Å². The Balaban J connectivity index is 1.63. The zero-order chi connectivity index (χ0) is 22.4. The molecule has 1 fully saturated rings. The molecule has 0 spiro atoms. The van der Waals surface area contributed by atoms with Crippen LogP contribution in [0.25, 0.3) is 0 Å². The summed E-state index contributed by atoms with van der Waals surface area (Å²) in [5.74, 6) is -0.881. The minimum atomic E-state index is -3.63. The molecule has 2 amide bonds. The lowest BCUT2D eigenvalue weighted by Gasteiger charge is -2.30. The van der Waals surface area contributed by atoms with Gasteiger partial charge in [-0.05, 0) is 49.2 Å². The first-order valence-corrected chi connectivity index (χ1v) is 11.7. The van der Waals surface area contributed by atoms with Crippen molar-refractivity contribution in [2.24, 2.45) is 5.92 Å². The van der Waals surface area contributed by atoms with Gasteiger partial charge in [0.1, 0.15) is 0 Å². The Hall–Kier alpha value is -2.68. The topological polar surface area (TPSA) is 95.6 Å². The van der Waals surface area contributed by atoms with Crippen molar-refractivity contribution in [3.63, 3.8) is 0 Å². The molecule has 0 bridgehead atoms. The number of carbonyl (C=O) groups excluding carboxylic acids is 2. The first kappa shape index (κ1) is 23.0. The van der Waals surface area contributed by atoms with Crippen LogP contribution in [0.1, 0.15) is 23.2 Å². The van der Waals surface area contributed by atoms with Gasteiger partial charge in [-0.1, -0.05) is 29.8 Å². The smallest absolute Gasteiger partial charge is 0.253 e. The highest BCUT2D eigenvalue weighted by Gasteiger charge is 2.32. The summed E-state index contributed by atoms with van der Waals surface area (Å²) in [5, 5.41) is 5.98. The van der Waals surface area contributed by atoms with Gasteiger partial charge in [0.2, 0.25) is 15.9 Å². The lowest BCUT2D eigenvalue weighted by atomic mass is 9.97. The quantitative estimate of drug-likeness (QED) is 0.618. The van der Waals surface area contributed by atoms with Crippen LogP contribution in [-0.4, -0.2) is 44.2 Å². The predicted molar refractivity (Wildman–Crippen MR) is 121 cm³/mol. The Labute approximate surface area is 187 Å². The molecule has 1 aliphatic heterocycles. The van der Waals surface area contributed by atoms with E-state index in [0.717, 1.165) is 0 Å². The maximum absolute atomic E-state index is 12.8. The third kappa shape index (κ3) is 5.52. The molecule has 0 aromatic heterocycles. The zero-order valence-electron chi connectivity index (χ0n) is 16.9. The monoisotopic (exact) mass is 461 g/mol. The minimum Gasteiger partial charge on any atom is -0.349 e. The second kappa shape index (κ2) is 10.1. The Morgan fingerprint density at radius 2 is 1.74 bits per heavy atom. The second-order valence-corrected chi connectivity index (χ2v) is 9.54. The van der Waals surface area contributed by atoms with Crippen molar-refractivity contribution in [1.82, 2.24) is 9.62 Å². The van der Waals surface area contributed by atoms with Crippen molar-refractivity contribution in [2.75, 3.05) is 25.0 Å². The summed E-state index contributed by atoms with van der Waals surface area (Å²) in [5.41, 5.74) is 0.783. The van der Waals surface area contributed by atoms with Crippen molar-refractivity contribution in [3.8, 4) is 0 Å². The molecule has 2 aromatic rings. The standard InChI is InChI=1S/C22H24ClN3O4S/c1-2-13-24-22(28)19-5-3-4-6-20(19)25-21(27)16-11-14-26(15-12-16)31(29,30)18-9-7-17(23)8-10-18/h2-10,16H,1,11-15H2,(H,24,28)(H,25,27). The molecular formula is C22H24ClN3O4S. The molecule has 0 radical (unpaired) electrons. The van der Waals surface area contributed by atoms with Crippen LogP contribution in [0.5, 0.6) is 0 Å². The molecule has 2 N–H and O–H groups in total. The molecule has 31 heavy (non-hydrogen) atoms. The summed E-state index contributed by atoms with van der Waals surface area (Å²) in [4.78, 5) is 25.3. The highest BCUT2D eigenvalue weighted by molar-refractivity contribution is 7.89. The molecule has 0 saturated carbocycles. The first-order chi connectivity index (χ1) is 14.8. The van der Waals surface area contributed by atoms with E-state index in [2.05, 4.69) is 17.2 Å². The number of piperidine rings is 1. The number of nitrogens with zero attached hydrogens (tertiary/aromatic N) is 1. The molecule has 0 atom stereocenters. The van der Waals surface area contributed by atoms with Crippen LogP contribution in [-0.2, 0) is 14.8 Å². The molecule has 3 rings (SSSR count). The van der Waals surface area contributed by atoms with Crippen molar-refractivity contribution in [1.29, 1.82) is 0 Å². The van der Waals surface area contributed by atoms with Crippen LogP contribution in [0.4, 0.5) is 5.69 Å². The third-order valence-electron chi connectivity index (χ3n) is 5.11. The Bertz CT molecular complexity index is 1060. The van der Waals surface area contributed by atoms with Gasteiger partial charge in [0.05, 0.1) is 16.1 Å². The van der Waals surface area contributed by atoms with E-state index in [1.807, 2.05) is 0 Å². The van der Waals surface area contributed by atoms with Gasteiger partial charge < -0.3 is 10.6 Å². The number of rotatable bonds is 7. The minimum absolute atomic E-state index is 0.180. The largest absolute Gasteiger partial charge is 0.349 e. The lowest BCUT2D eigenvalue weighted by molar-refractivity contribution is -0.120. The third-order valence-corrected chi connectivity index (χ3v) is 7.28. The van der Waals surface area contributed by atoms with Crippen LogP contribution in [0.2, 0.25) is 5.02 Å². The first-order valence-electron chi connectivity index (χ1n) is 9.87. The van der Waals surface area contributed by atoms with Gasteiger partial charge in [-0.2, -0.15) is 4.31 Å². The molecule has 0 aliphatic carbocycles. The van der Waals surface area contributed by atoms with Gasteiger partial charge in [0.15, 0.2) is 0 Å². The molecule has 9 heteroatoms. The van der Waals surface area contributed by atoms with E-state index in [0.29, 0.717) is 35.7 Å².